The summed E-state index contributed by atoms with van der Waals surface area (Å²) in [6.45, 7) is 0.635. The summed E-state index contributed by atoms with van der Waals surface area (Å²) in [5, 5.41) is 2.69. The van der Waals surface area contributed by atoms with Gasteiger partial charge in [0.25, 0.3) is 15.9 Å². The number of anilines is 2. The number of nitrogens with one attached hydrogen (secondary N) is 2. The van der Waals surface area contributed by atoms with Gasteiger partial charge in [-0.1, -0.05) is 0 Å². The summed E-state index contributed by atoms with van der Waals surface area (Å²) < 4.78 is 50.7. The van der Waals surface area contributed by atoms with E-state index < -0.39 is 21.7 Å². The van der Waals surface area contributed by atoms with Gasteiger partial charge in [0.15, 0.2) is 0 Å². The van der Waals surface area contributed by atoms with Gasteiger partial charge in [-0.3, -0.25) is 9.52 Å². The molecule has 0 spiro atoms. The molecule has 0 atom stereocenters. The molecule has 0 unspecified atom stereocenters. The first-order valence-electron chi connectivity index (χ1n) is 9.15. The SMILES string of the molecule is COCCOc1ncccc1NC(=O)c1ccc(S(=O)(=O)Nc2ccc(F)cc2)cc1. The van der Waals surface area contributed by atoms with Crippen LogP contribution in [0.2, 0.25) is 0 Å². The van der Waals surface area contributed by atoms with E-state index in [1.807, 2.05) is 0 Å². The van der Waals surface area contributed by atoms with Crippen molar-refractivity contribution in [1.29, 1.82) is 0 Å². The minimum absolute atomic E-state index is 0.0432. The third-order valence-electron chi connectivity index (χ3n) is 4.07. The average Bonchev–Trinajstić information content (AvgIpc) is 2.76. The van der Waals surface area contributed by atoms with Crippen LogP contribution in [0.3, 0.4) is 0 Å². The number of carbonyl (C=O) groups is 1. The minimum atomic E-state index is -3.89. The Morgan fingerprint density at radius 3 is 2.42 bits per heavy atom. The Labute approximate surface area is 179 Å². The highest BCUT2D eigenvalue weighted by Gasteiger charge is 2.16. The lowest BCUT2D eigenvalue weighted by atomic mass is 10.2. The summed E-state index contributed by atoms with van der Waals surface area (Å²) >= 11 is 0. The van der Waals surface area contributed by atoms with Crippen molar-refractivity contribution in [3.8, 4) is 5.88 Å². The zero-order valence-corrected chi connectivity index (χ0v) is 17.4. The molecule has 31 heavy (non-hydrogen) atoms. The van der Waals surface area contributed by atoms with Crippen LogP contribution in [0, 0.1) is 5.82 Å². The molecule has 1 amide bonds. The van der Waals surface area contributed by atoms with E-state index in [0.717, 1.165) is 12.1 Å². The lowest BCUT2D eigenvalue weighted by Crippen LogP contribution is -2.16. The molecule has 8 nitrogen and oxygen atoms in total. The second kappa shape index (κ2) is 10.0. The summed E-state index contributed by atoms with van der Waals surface area (Å²) in [5.74, 6) is -0.685. The van der Waals surface area contributed by atoms with E-state index in [9.17, 15) is 17.6 Å². The maximum absolute atomic E-state index is 13.0. The standard InChI is InChI=1S/C21H20FN3O5S/c1-29-13-14-30-21-19(3-2-12-23-21)24-20(26)15-4-10-18(11-5-15)31(27,28)25-17-8-6-16(22)7-9-17/h2-12,25H,13-14H2,1H3,(H,24,26). The lowest BCUT2D eigenvalue weighted by Gasteiger charge is -2.11. The van der Waals surface area contributed by atoms with E-state index in [4.69, 9.17) is 9.47 Å². The fourth-order valence-corrected chi connectivity index (χ4v) is 3.59. The zero-order valence-electron chi connectivity index (χ0n) is 16.5. The van der Waals surface area contributed by atoms with Crippen molar-refractivity contribution in [2.45, 2.75) is 4.90 Å². The van der Waals surface area contributed by atoms with Gasteiger partial charge < -0.3 is 14.8 Å². The molecule has 0 aliphatic rings. The molecule has 0 radical (unpaired) electrons. The van der Waals surface area contributed by atoms with Gasteiger partial charge in [-0.05, 0) is 60.7 Å². The van der Waals surface area contributed by atoms with Gasteiger partial charge in [-0.25, -0.2) is 17.8 Å². The van der Waals surface area contributed by atoms with Crippen molar-refractivity contribution < 1.29 is 27.1 Å². The zero-order chi connectivity index (χ0) is 22.3. The average molecular weight is 445 g/mol. The number of sulfonamides is 1. The van der Waals surface area contributed by atoms with Crippen molar-refractivity contribution in [2.24, 2.45) is 0 Å². The van der Waals surface area contributed by atoms with Crippen LogP contribution in [-0.2, 0) is 14.8 Å². The molecule has 1 aromatic heterocycles. The normalized spacial score (nSPS) is 11.0. The number of hydrogen-bond donors (Lipinski definition) is 2. The molecule has 0 saturated heterocycles. The Morgan fingerprint density at radius 1 is 1.03 bits per heavy atom. The number of carbonyl (C=O) groups excluding carboxylic acids is 1. The maximum atomic E-state index is 13.0. The smallest absolute Gasteiger partial charge is 0.261 e. The summed E-state index contributed by atoms with van der Waals surface area (Å²) in [6, 6.07) is 13.6. The quantitative estimate of drug-likeness (QED) is 0.490. The van der Waals surface area contributed by atoms with E-state index in [2.05, 4.69) is 15.0 Å². The number of rotatable bonds is 9. The first kappa shape index (κ1) is 22.2. The number of methoxy groups -OCH3 is 1. The van der Waals surface area contributed by atoms with E-state index in [-0.39, 0.29) is 28.6 Å². The van der Waals surface area contributed by atoms with Gasteiger partial charge in [0, 0.05) is 24.6 Å². The molecule has 0 aliphatic carbocycles. The topological polar surface area (TPSA) is 107 Å². The highest BCUT2D eigenvalue weighted by atomic mass is 32.2. The van der Waals surface area contributed by atoms with Crippen LogP contribution in [0.4, 0.5) is 15.8 Å². The summed E-state index contributed by atoms with van der Waals surface area (Å²) in [7, 11) is -2.35. The molecule has 3 aromatic rings. The number of nitrogens with zero attached hydrogens (tertiary/aromatic N) is 1. The predicted molar refractivity (Wildman–Crippen MR) is 113 cm³/mol. The fourth-order valence-electron chi connectivity index (χ4n) is 2.53. The van der Waals surface area contributed by atoms with E-state index in [1.165, 1.54) is 42.6 Å². The highest BCUT2D eigenvalue weighted by Crippen LogP contribution is 2.22. The van der Waals surface area contributed by atoms with Crippen LogP contribution in [0.1, 0.15) is 10.4 Å². The van der Waals surface area contributed by atoms with Crippen molar-refractivity contribution >= 4 is 27.3 Å². The fraction of sp³-hybridized carbons (Fsp3) is 0.143. The van der Waals surface area contributed by atoms with Gasteiger partial charge in [0.05, 0.1) is 11.5 Å². The Balaban J connectivity index is 1.70. The van der Waals surface area contributed by atoms with E-state index >= 15 is 0 Å². The van der Waals surface area contributed by atoms with E-state index in [0.29, 0.717) is 12.3 Å². The molecular formula is C21H20FN3O5S. The predicted octanol–water partition coefficient (Wildman–Crippen LogP) is 3.30. The van der Waals surface area contributed by atoms with Gasteiger partial charge in [0.2, 0.25) is 5.88 Å². The Morgan fingerprint density at radius 2 is 1.74 bits per heavy atom. The largest absolute Gasteiger partial charge is 0.474 e. The third kappa shape index (κ3) is 6.00. The summed E-state index contributed by atoms with van der Waals surface area (Å²) in [5.41, 5.74) is 0.839. The minimum Gasteiger partial charge on any atom is -0.474 e. The molecule has 0 saturated carbocycles. The van der Waals surface area contributed by atoms with Crippen molar-refractivity contribution in [2.75, 3.05) is 30.4 Å². The molecule has 3 rings (SSSR count). The van der Waals surface area contributed by atoms with Gasteiger partial charge in [-0.15, -0.1) is 0 Å². The van der Waals surface area contributed by atoms with Gasteiger partial charge in [-0.2, -0.15) is 0 Å². The van der Waals surface area contributed by atoms with E-state index in [1.54, 1.807) is 19.2 Å². The first-order valence-corrected chi connectivity index (χ1v) is 10.6. The Hall–Kier alpha value is -3.50. The van der Waals surface area contributed by atoms with Crippen molar-refractivity contribution in [1.82, 2.24) is 4.98 Å². The molecule has 0 aliphatic heterocycles. The number of benzene rings is 2. The van der Waals surface area contributed by atoms with Crippen LogP contribution in [0.15, 0.2) is 71.8 Å². The summed E-state index contributed by atoms with van der Waals surface area (Å²) in [4.78, 5) is 16.6. The van der Waals surface area contributed by atoms with Crippen LogP contribution in [-0.4, -0.2) is 39.6 Å². The molecule has 10 heteroatoms. The highest BCUT2D eigenvalue weighted by molar-refractivity contribution is 7.92. The number of pyridine rings is 1. The number of ether oxygens (including phenoxy) is 2. The molecule has 162 valence electrons. The first-order chi connectivity index (χ1) is 14.9. The summed E-state index contributed by atoms with van der Waals surface area (Å²) in [6.07, 6.45) is 1.53. The molecule has 2 aromatic carbocycles. The monoisotopic (exact) mass is 445 g/mol. The van der Waals surface area contributed by atoms with Gasteiger partial charge in [0.1, 0.15) is 18.1 Å². The third-order valence-corrected chi connectivity index (χ3v) is 5.47. The molecule has 1 heterocycles. The van der Waals surface area contributed by atoms with Crippen LogP contribution in [0.5, 0.6) is 5.88 Å². The van der Waals surface area contributed by atoms with Crippen LogP contribution < -0.4 is 14.8 Å². The van der Waals surface area contributed by atoms with Gasteiger partial charge >= 0.3 is 0 Å². The van der Waals surface area contributed by atoms with Crippen molar-refractivity contribution in [3.05, 3.63) is 78.2 Å². The van der Waals surface area contributed by atoms with Crippen LogP contribution >= 0.6 is 0 Å². The second-order valence-corrected chi connectivity index (χ2v) is 7.97. The molecular weight excluding hydrogens is 425 g/mol. The maximum Gasteiger partial charge on any atom is 0.261 e. The number of hydrogen-bond acceptors (Lipinski definition) is 6. The molecule has 2 N–H and O–H groups in total. The van der Waals surface area contributed by atoms with Crippen molar-refractivity contribution in [3.63, 3.8) is 0 Å². The Bertz CT molecular complexity index is 1140. The molecule has 0 bridgehead atoms. The second-order valence-electron chi connectivity index (χ2n) is 6.29. The Kier molecular flexibility index (Phi) is 7.16. The van der Waals surface area contributed by atoms with Crippen LogP contribution in [0.25, 0.3) is 0 Å². The number of halogens is 1. The number of amides is 1. The molecule has 0 fully saturated rings. The number of aromatic nitrogens is 1. The lowest BCUT2D eigenvalue weighted by molar-refractivity contribution is 0.102.